The second-order valence-electron chi connectivity index (χ2n) is 3.02. The van der Waals surface area contributed by atoms with Crippen LogP contribution in [-0.2, 0) is 6.42 Å². The highest BCUT2D eigenvalue weighted by Crippen LogP contribution is 2.28. The Morgan fingerprint density at radius 1 is 1.43 bits per heavy atom. The SMILES string of the molecule is CSc1[nH]c2ccccc2c1CC#N. The summed E-state index contributed by atoms with van der Waals surface area (Å²) in [6.45, 7) is 0. The lowest BCUT2D eigenvalue weighted by atomic mass is 10.1. The van der Waals surface area contributed by atoms with Crippen molar-refractivity contribution in [2.75, 3.05) is 6.26 Å². The van der Waals surface area contributed by atoms with E-state index in [-0.39, 0.29) is 0 Å². The van der Waals surface area contributed by atoms with E-state index < -0.39 is 0 Å². The predicted molar refractivity (Wildman–Crippen MR) is 59.4 cm³/mol. The highest BCUT2D eigenvalue weighted by atomic mass is 32.2. The first kappa shape index (κ1) is 9.17. The number of rotatable bonds is 2. The predicted octanol–water partition coefficient (Wildman–Crippen LogP) is 2.96. The summed E-state index contributed by atoms with van der Waals surface area (Å²) in [5, 5.41) is 11.0. The first-order chi connectivity index (χ1) is 6.86. The molecule has 1 N–H and O–H groups in total. The van der Waals surface area contributed by atoms with E-state index in [4.69, 9.17) is 5.26 Å². The van der Waals surface area contributed by atoms with Crippen molar-refractivity contribution in [3.8, 4) is 6.07 Å². The maximum Gasteiger partial charge on any atom is 0.0773 e. The number of nitriles is 1. The molecule has 0 saturated carbocycles. The van der Waals surface area contributed by atoms with Gasteiger partial charge in [0.15, 0.2) is 0 Å². The molecule has 0 aliphatic heterocycles. The van der Waals surface area contributed by atoms with Gasteiger partial charge in [0.2, 0.25) is 0 Å². The lowest BCUT2D eigenvalue weighted by Crippen LogP contribution is -1.81. The Bertz CT molecular complexity index is 493. The third-order valence-electron chi connectivity index (χ3n) is 2.23. The zero-order valence-electron chi connectivity index (χ0n) is 7.87. The van der Waals surface area contributed by atoms with E-state index in [1.807, 2.05) is 24.5 Å². The molecule has 14 heavy (non-hydrogen) atoms. The number of para-hydroxylation sites is 1. The summed E-state index contributed by atoms with van der Waals surface area (Å²) in [6.07, 6.45) is 2.49. The molecule has 0 fully saturated rings. The zero-order chi connectivity index (χ0) is 9.97. The highest BCUT2D eigenvalue weighted by molar-refractivity contribution is 7.98. The van der Waals surface area contributed by atoms with Crippen molar-refractivity contribution >= 4 is 22.7 Å². The Morgan fingerprint density at radius 2 is 2.21 bits per heavy atom. The molecule has 0 amide bonds. The van der Waals surface area contributed by atoms with Crippen LogP contribution in [0.2, 0.25) is 0 Å². The largest absolute Gasteiger partial charge is 0.349 e. The molecule has 0 unspecified atom stereocenters. The van der Waals surface area contributed by atoms with Gasteiger partial charge in [-0.3, -0.25) is 0 Å². The van der Waals surface area contributed by atoms with Crippen LogP contribution < -0.4 is 0 Å². The minimum Gasteiger partial charge on any atom is -0.349 e. The number of thioether (sulfide) groups is 1. The van der Waals surface area contributed by atoms with E-state index in [1.165, 1.54) is 5.39 Å². The molecule has 3 heteroatoms. The quantitative estimate of drug-likeness (QED) is 0.760. The molecule has 2 aromatic rings. The van der Waals surface area contributed by atoms with Crippen molar-refractivity contribution in [2.45, 2.75) is 11.4 Å². The van der Waals surface area contributed by atoms with Gasteiger partial charge in [-0.05, 0) is 12.3 Å². The average molecular weight is 202 g/mol. The molecule has 0 saturated heterocycles. The molecule has 1 aromatic carbocycles. The average Bonchev–Trinajstić information content (AvgIpc) is 2.58. The van der Waals surface area contributed by atoms with Gasteiger partial charge in [-0.15, -0.1) is 11.8 Å². The Morgan fingerprint density at radius 3 is 2.93 bits per heavy atom. The molecule has 2 rings (SSSR count). The van der Waals surface area contributed by atoms with E-state index >= 15 is 0 Å². The first-order valence-corrected chi connectivity index (χ1v) is 5.60. The molecule has 1 aromatic heterocycles. The van der Waals surface area contributed by atoms with Crippen molar-refractivity contribution < 1.29 is 0 Å². The Labute approximate surface area is 86.9 Å². The number of hydrogen-bond donors (Lipinski definition) is 1. The molecule has 70 valence electrons. The fraction of sp³-hybridized carbons (Fsp3) is 0.182. The van der Waals surface area contributed by atoms with Crippen molar-refractivity contribution in [2.24, 2.45) is 0 Å². The summed E-state index contributed by atoms with van der Waals surface area (Å²) in [5.74, 6) is 0. The summed E-state index contributed by atoms with van der Waals surface area (Å²) < 4.78 is 0. The standard InChI is InChI=1S/C11H10N2S/c1-14-11-9(6-7-12)8-4-2-3-5-10(8)13-11/h2-5,13H,6H2,1H3. The molecule has 0 atom stereocenters. The Hall–Kier alpha value is -1.40. The topological polar surface area (TPSA) is 39.6 Å². The van der Waals surface area contributed by atoms with E-state index in [9.17, 15) is 0 Å². The van der Waals surface area contributed by atoms with Crippen molar-refractivity contribution in [3.05, 3.63) is 29.8 Å². The van der Waals surface area contributed by atoms with Gasteiger partial charge in [-0.1, -0.05) is 18.2 Å². The molecule has 0 aliphatic rings. The molecule has 0 aliphatic carbocycles. The van der Waals surface area contributed by atoms with E-state index in [0.29, 0.717) is 6.42 Å². The van der Waals surface area contributed by atoms with Crippen molar-refractivity contribution in [3.63, 3.8) is 0 Å². The lowest BCUT2D eigenvalue weighted by Gasteiger charge is -1.94. The summed E-state index contributed by atoms with van der Waals surface area (Å²) in [6, 6.07) is 10.3. The number of hydrogen-bond acceptors (Lipinski definition) is 2. The second-order valence-corrected chi connectivity index (χ2v) is 3.83. The van der Waals surface area contributed by atoms with Gasteiger partial charge in [-0.2, -0.15) is 5.26 Å². The number of fused-ring (bicyclic) bond motifs is 1. The molecule has 1 heterocycles. The number of aromatic amines is 1. The fourth-order valence-corrected chi connectivity index (χ4v) is 2.24. The van der Waals surface area contributed by atoms with Gasteiger partial charge in [0, 0.05) is 16.5 Å². The van der Waals surface area contributed by atoms with Gasteiger partial charge >= 0.3 is 0 Å². The monoisotopic (exact) mass is 202 g/mol. The van der Waals surface area contributed by atoms with E-state index in [1.54, 1.807) is 11.8 Å². The first-order valence-electron chi connectivity index (χ1n) is 4.37. The van der Waals surface area contributed by atoms with Gasteiger partial charge in [0.05, 0.1) is 17.5 Å². The number of benzene rings is 1. The Kier molecular flexibility index (Phi) is 2.47. The summed E-state index contributed by atoms with van der Waals surface area (Å²) in [4.78, 5) is 3.31. The maximum absolute atomic E-state index is 8.74. The molecular formula is C11H10N2S. The number of aromatic nitrogens is 1. The molecule has 2 nitrogen and oxygen atoms in total. The zero-order valence-corrected chi connectivity index (χ0v) is 8.69. The maximum atomic E-state index is 8.74. The summed E-state index contributed by atoms with van der Waals surface area (Å²) in [5.41, 5.74) is 2.23. The molecule has 0 radical (unpaired) electrons. The highest BCUT2D eigenvalue weighted by Gasteiger charge is 2.08. The number of nitrogens with one attached hydrogen (secondary N) is 1. The van der Waals surface area contributed by atoms with E-state index in [2.05, 4.69) is 17.1 Å². The lowest BCUT2D eigenvalue weighted by molar-refractivity contribution is 1.13. The molecule has 0 spiro atoms. The Balaban J connectivity index is 2.69. The van der Waals surface area contributed by atoms with Crippen LogP contribution in [0.3, 0.4) is 0 Å². The normalized spacial score (nSPS) is 10.3. The van der Waals surface area contributed by atoms with Gasteiger partial charge in [0.25, 0.3) is 0 Å². The summed E-state index contributed by atoms with van der Waals surface area (Å²) >= 11 is 1.65. The molecule has 0 bridgehead atoms. The van der Waals surface area contributed by atoms with Crippen LogP contribution in [0.15, 0.2) is 29.3 Å². The third kappa shape index (κ3) is 1.38. The van der Waals surface area contributed by atoms with Gasteiger partial charge in [0.1, 0.15) is 0 Å². The van der Waals surface area contributed by atoms with Crippen LogP contribution in [0.1, 0.15) is 5.56 Å². The van der Waals surface area contributed by atoms with Crippen LogP contribution in [-0.4, -0.2) is 11.2 Å². The van der Waals surface area contributed by atoms with Crippen LogP contribution in [0.5, 0.6) is 0 Å². The fourth-order valence-electron chi connectivity index (χ4n) is 1.60. The van der Waals surface area contributed by atoms with Crippen LogP contribution in [0.25, 0.3) is 10.9 Å². The van der Waals surface area contributed by atoms with Crippen LogP contribution in [0, 0.1) is 11.3 Å². The van der Waals surface area contributed by atoms with Gasteiger partial charge < -0.3 is 4.98 Å². The number of nitrogens with zero attached hydrogens (tertiary/aromatic N) is 1. The third-order valence-corrected chi connectivity index (χ3v) is 2.99. The van der Waals surface area contributed by atoms with Crippen LogP contribution >= 0.6 is 11.8 Å². The minimum absolute atomic E-state index is 0.472. The van der Waals surface area contributed by atoms with E-state index in [0.717, 1.165) is 16.1 Å². The summed E-state index contributed by atoms with van der Waals surface area (Å²) in [7, 11) is 0. The second kappa shape index (κ2) is 3.77. The number of H-pyrrole nitrogens is 1. The molecular weight excluding hydrogens is 192 g/mol. The van der Waals surface area contributed by atoms with Crippen molar-refractivity contribution in [1.82, 2.24) is 4.98 Å². The van der Waals surface area contributed by atoms with Crippen molar-refractivity contribution in [1.29, 1.82) is 5.26 Å². The minimum atomic E-state index is 0.472. The van der Waals surface area contributed by atoms with Gasteiger partial charge in [-0.25, -0.2) is 0 Å². The smallest absolute Gasteiger partial charge is 0.0773 e. The van der Waals surface area contributed by atoms with Crippen LogP contribution in [0.4, 0.5) is 0 Å².